The first-order valence-corrected chi connectivity index (χ1v) is 5.60. The Morgan fingerprint density at radius 3 is 1.93 bits per heavy atom. The Bertz CT molecular complexity index is 378. The number of rotatable bonds is 2. The first-order valence-electron chi connectivity index (χ1n) is 5.60. The van der Waals surface area contributed by atoms with Gasteiger partial charge in [0, 0.05) is 5.31 Å². The SMILES string of the molecule is COC(=O)C12C3C4C1C1C2C3C41B(O)O. The molecule has 0 aromatic heterocycles. The van der Waals surface area contributed by atoms with Gasteiger partial charge in [-0.15, -0.1) is 0 Å². The van der Waals surface area contributed by atoms with Crippen molar-refractivity contribution in [2.45, 2.75) is 5.31 Å². The molecule has 6 aliphatic rings. The number of hydrogen-bond acceptors (Lipinski definition) is 4. The lowest BCUT2D eigenvalue weighted by atomic mass is 8.88. The molecule has 0 aromatic rings. The quantitative estimate of drug-likeness (QED) is 0.455. The van der Waals surface area contributed by atoms with Gasteiger partial charge >= 0.3 is 13.1 Å². The third kappa shape index (κ3) is 0.327. The van der Waals surface area contributed by atoms with Crippen LogP contribution in [0.2, 0.25) is 5.31 Å². The zero-order valence-electron chi connectivity index (χ0n) is 8.25. The smallest absolute Gasteiger partial charge is 0.459 e. The second kappa shape index (κ2) is 1.57. The van der Waals surface area contributed by atoms with Gasteiger partial charge in [0.2, 0.25) is 0 Å². The summed E-state index contributed by atoms with van der Waals surface area (Å²) in [5, 5.41) is 18.7. The monoisotopic (exact) mass is 206 g/mol. The number of hydrogen-bond donors (Lipinski definition) is 2. The van der Waals surface area contributed by atoms with Crippen molar-refractivity contribution in [3.05, 3.63) is 0 Å². The number of ether oxygens (including phenoxy) is 1. The van der Waals surface area contributed by atoms with Crippen molar-refractivity contribution in [1.29, 1.82) is 0 Å². The molecule has 0 radical (unpaired) electrons. The summed E-state index contributed by atoms with van der Waals surface area (Å²) in [4.78, 5) is 11.7. The highest BCUT2D eigenvalue weighted by atomic mass is 16.5. The second-order valence-corrected chi connectivity index (χ2v) is 5.95. The van der Waals surface area contributed by atoms with E-state index in [1.54, 1.807) is 0 Å². The van der Waals surface area contributed by atoms with Crippen molar-refractivity contribution < 1.29 is 19.6 Å². The Balaban J connectivity index is 1.57. The van der Waals surface area contributed by atoms with Crippen molar-refractivity contribution in [3.8, 4) is 0 Å². The molecule has 0 heterocycles. The van der Waals surface area contributed by atoms with Crippen LogP contribution in [0.25, 0.3) is 0 Å². The van der Waals surface area contributed by atoms with E-state index >= 15 is 0 Å². The van der Waals surface area contributed by atoms with Crippen LogP contribution in [0.1, 0.15) is 0 Å². The molecule has 5 heteroatoms. The number of carbonyl (C=O) groups is 1. The highest BCUT2D eigenvalue weighted by molar-refractivity contribution is 6.48. The fraction of sp³-hybridized carbons (Fsp3) is 0.900. The van der Waals surface area contributed by atoms with Gasteiger partial charge in [-0.25, -0.2) is 0 Å². The summed E-state index contributed by atoms with van der Waals surface area (Å²) in [7, 11) is 0.304. The van der Waals surface area contributed by atoms with Crippen molar-refractivity contribution in [2.75, 3.05) is 7.11 Å². The highest BCUT2D eigenvalue weighted by Crippen LogP contribution is 3.13. The normalized spacial score (nSPS) is 72.5. The van der Waals surface area contributed by atoms with Crippen LogP contribution in [-0.2, 0) is 9.53 Å². The van der Waals surface area contributed by atoms with Crippen LogP contribution < -0.4 is 0 Å². The second-order valence-electron chi connectivity index (χ2n) is 5.95. The van der Waals surface area contributed by atoms with Crippen LogP contribution in [0.5, 0.6) is 0 Å². The standard InChI is InChI=1S/C10H11BO4/c1-15-8(12)9-2-5-3(9)7-4(9)6(2)10(5,7)11(13)14/h2-7,13-14H,1H3. The molecule has 0 unspecified atom stereocenters. The Morgan fingerprint density at radius 2 is 1.60 bits per heavy atom. The zero-order chi connectivity index (χ0) is 10.3. The lowest BCUT2D eigenvalue weighted by Crippen LogP contribution is -3.10. The van der Waals surface area contributed by atoms with Crippen LogP contribution in [0.3, 0.4) is 0 Å². The van der Waals surface area contributed by atoms with Crippen molar-refractivity contribution in [1.82, 2.24) is 0 Å². The maximum absolute atomic E-state index is 11.7. The summed E-state index contributed by atoms with van der Waals surface area (Å²) in [5.74, 6) is 2.56. The molecule has 6 rings (SSSR count). The first kappa shape index (κ1) is 7.68. The van der Waals surface area contributed by atoms with Gasteiger partial charge in [-0.1, -0.05) is 0 Å². The number of carbonyl (C=O) groups excluding carboxylic acids is 1. The largest absolute Gasteiger partial charge is 0.469 e. The molecule has 4 nitrogen and oxygen atoms in total. The van der Waals surface area contributed by atoms with Gasteiger partial charge < -0.3 is 14.8 Å². The molecule has 15 heavy (non-hydrogen) atoms. The summed E-state index contributed by atoms with van der Waals surface area (Å²) in [6.45, 7) is 0. The third-order valence-corrected chi connectivity index (χ3v) is 6.69. The molecule has 2 N–H and O–H groups in total. The molecule has 6 aliphatic carbocycles. The van der Waals surface area contributed by atoms with Gasteiger partial charge in [0.1, 0.15) is 0 Å². The van der Waals surface area contributed by atoms with E-state index < -0.39 is 7.12 Å². The fourth-order valence-corrected chi connectivity index (χ4v) is 6.71. The predicted octanol–water partition coefficient (Wildman–Crippen LogP) is -0.876. The fourth-order valence-electron chi connectivity index (χ4n) is 6.71. The van der Waals surface area contributed by atoms with Crippen LogP contribution in [-0.4, -0.2) is 30.2 Å². The number of methoxy groups -OCH3 is 1. The van der Waals surface area contributed by atoms with E-state index in [2.05, 4.69) is 0 Å². The van der Waals surface area contributed by atoms with E-state index in [0.717, 1.165) is 0 Å². The first-order chi connectivity index (χ1) is 7.16. The van der Waals surface area contributed by atoms with Gasteiger partial charge in [-0.2, -0.15) is 0 Å². The molecule has 0 bridgehead atoms. The molecule has 0 saturated heterocycles. The molecule has 0 aliphatic heterocycles. The van der Waals surface area contributed by atoms with Gasteiger partial charge in [0.15, 0.2) is 0 Å². The van der Waals surface area contributed by atoms with Crippen molar-refractivity contribution in [2.24, 2.45) is 40.9 Å². The van der Waals surface area contributed by atoms with Crippen LogP contribution in [0.4, 0.5) is 0 Å². The van der Waals surface area contributed by atoms with Gasteiger partial charge in [0.05, 0.1) is 12.5 Å². The lowest BCUT2D eigenvalue weighted by molar-refractivity contribution is -0.592. The molecular formula is C10H11BO4. The Morgan fingerprint density at radius 1 is 1.13 bits per heavy atom. The lowest BCUT2D eigenvalue weighted by Gasteiger charge is -3.10. The molecule has 0 aromatic carbocycles. The van der Waals surface area contributed by atoms with E-state index in [9.17, 15) is 14.8 Å². The topological polar surface area (TPSA) is 66.8 Å². The Hall–Kier alpha value is -0.545. The zero-order valence-corrected chi connectivity index (χ0v) is 8.25. The molecular weight excluding hydrogens is 195 g/mol. The average Bonchev–Trinajstić information content (AvgIpc) is 2.27. The van der Waals surface area contributed by atoms with E-state index in [4.69, 9.17) is 4.74 Å². The van der Waals surface area contributed by atoms with Crippen molar-refractivity contribution in [3.63, 3.8) is 0 Å². The van der Waals surface area contributed by atoms with E-state index in [1.807, 2.05) is 0 Å². The van der Waals surface area contributed by atoms with Crippen molar-refractivity contribution >= 4 is 13.1 Å². The maximum atomic E-state index is 11.7. The summed E-state index contributed by atoms with van der Waals surface area (Å²) in [5.41, 5.74) is -0.147. The van der Waals surface area contributed by atoms with Crippen LogP contribution in [0.15, 0.2) is 0 Å². The molecule has 78 valence electrons. The summed E-state index contributed by atoms with van der Waals surface area (Å²) < 4.78 is 4.89. The molecule has 6 saturated carbocycles. The van der Waals surface area contributed by atoms with Gasteiger partial charge in [-0.3, -0.25) is 4.79 Å². The average molecular weight is 206 g/mol. The van der Waals surface area contributed by atoms with E-state index in [1.165, 1.54) is 7.11 Å². The minimum absolute atomic E-state index is 0.0352. The Labute approximate surface area is 86.8 Å². The van der Waals surface area contributed by atoms with Gasteiger partial charge in [0.25, 0.3) is 0 Å². The van der Waals surface area contributed by atoms with E-state index in [0.29, 0.717) is 35.5 Å². The van der Waals surface area contributed by atoms with E-state index in [-0.39, 0.29) is 16.7 Å². The summed E-state index contributed by atoms with van der Waals surface area (Å²) in [6.07, 6.45) is 0. The predicted molar refractivity (Wildman–Crippen MR) is 48.3 cm³/mol. The maximum Gasteiger partial charge on any atom is 0.459 e. The highest BCUT2D eigenvalue weighted by Gasteiger charge is 3.13. The molecule has 0 atom stereocenters. The molecule has 6 fully saturated rings. The minimum Gasteiger partial charge on any atom is -0.469 e. The molecule has 0 spiro atoms. The summed E-state index contributed by atoms with van der Waals surface area (Å²) >= 11 is 0. The van der Waals surface area contributed by atoms with Crippen LogP contribution in [0, 0.1) is 40.9 Å². The van der Waals surface area contributed by atoms with Crippen LogP contribution >= 0.6 is 0 Å². The van der Waals surface area contributed by atoms with Gasteiger partial charge in [-0.05, 0) is 35.5 Å². The summed E-state index contributed by atoms with van der Waals surface area (Å²) in [6, 6.07) is 0. The number of esters is 1. The Kier molecular flexibility index (Phi) is 0.804. The minimum atomic E-state index is -1.16. The molecule has 0 amide bonds. The third-order valence-electron chi connectivity index (χ3n) is 6.69.